The largest absolute Gasteiger partial charge is 0.338 e. The van der Waals surface area contributed by atoms with E-state index in [4.69, 9.17) is 12.2 Å². The zero-order chi connectivity index (χ0) is 15.0. The molecule has 3 nitrogen and oxygen atoms in total. The summed E-state index contributed by atoms with van der Waals surface area (Å²) in [5.41, 5.74) is 5.09. The Balaban J connectivity index is 1.94. The number of hydrazine groups is 1. The lowest BCUT2D eigenvalue weighted by atomic mass is 10.0. The van der Waals surface area contributed by atoms with Gasteiger partial charge in [-0.2, -0.15) is 5.43 Å². The fraction of sp³-hybridized carbons (Fsp3) is 0.133. The molecule has 1 fully saturated rings. The van der Waals surface area contributed by atoms with Crippen molar-refractivity contribution in [2.45, 2.75) is 12.6 Å². The summed E-state index contributed by atoms with van der Waals surface area (Å²) in [7, 11) is 0. The van der Waals surface area contributed by atoms with Crippen molar-refractivity contribution in [1.82, 2.24) is 10.7 Å². The first-order valence-corrected chi connectivity index (χ1v) is 8.40. The Bertz CT molecular complexity index is 690. The molecule has 0 saturated carbocycles. The summed E-state index contributed by atoms with van der Waals surface area (Å²) in [6, 6.07) is 16.1. The molecule has 0 spiro atoms. The Morgan fingerprint density at radius 2 is 1.71 bits per heavy atom. The second kappa shape index (κ2) is 5.68. The molecule has 1 heterocycles. The van der Waals surface area contributed by atoms with Gasteiger partial charge in [0.25, 0.3) is 0 Å². The van der Waals surface area contributed by atoms with Crippen LogP contribution in [0.4, 0.5) is 5.69 Å². The third kappa shape index (κ3) is 2.85. The van der Waals surface area contributed by atoms with E-state index in [1.165, 1.54) is 0 Å². The van der Waals surface area contributed by atoms with Crippen LogP contribution in [0.15, 0.2) is 57.5 Å². The number of rotatable bonds is 2. The SMILES string of the molecule is C[C@]1(c2ccccc2Br)NC(=S)N(c2ccc(Br)cc2)N1. The predicted molar refractivity (Wildman–Crippen MR) is 97.0 cm³/mol. The Morgan fingerprint density at radius 3 is 2.38 bits per heavy atom. The molecule has 0 aliphatic carbocycles. The maximum absolute atomic E-state index is 5.47. The van der Waals surface area contributed by atoms with Gasteiger partial charge >= 0.3 is 0 Å². The first-order chi connectivity index (χ1) is 9.99. The number of nitrogens with zero attached hydrogens (tertiary/aromatic N) is 1. The Kier molecular flexibility index (Phi) is 4.05. The third-order valence-electron chi connectivity index (χ3n) is 3.39. The summed E-state index contributed by atoms with van der Waals surface area (Å²) in [5.74, 6) is 0. The Hall–Kier alpha value is -0.950. The molecule has 2 N–H and O–H groups in total. The smallest absolute Gasteiger partial charge is 0.190 e. The predicted octanol–water partition coefficient (Wildman–Crippen LogP) is 4.28. The fourth-order valence-electron chi connectivity index (χ4n) is 2.34. The van der Waals surface area contributed by atoms with E-state index in [0.29, 0.717) is 5.11 Å². The van der Waals surface area contributed by atoms with Gasteiger partial charge in [-0.05, 0) is 49.5 Å². The number of benzene rings is 2. The normalized spacial score (nSPS) is 21.5. The third-order valence-corrected chi connectivity index (χ3v) is 4.90. The highest BCUT2D eigenvalue weighted by molar-refractivity contribution is 9.10. The molecule has 2 aromatic carbocycles. The van der Waals surface area contributed by atoms with Crippen molar-refractivity contribution in [2.24, 2.45) is 0 Å². The summed E-state index contributed by atoms with van der Waals surface area (Å²) in [6.07, 6.45) is 0. The van der Waals surface area contributed by atoms with Crippen molar-refractivity contribution < 1.29 is 0 Å². The number of thiocarbonyl (C=S) groups is 1. The number of nitrogens with one attached hydrogen (secondary N) is 2. The van der Waals surface area contributed by atoms with Crippen LogP contribution in [0.25, 0.3) is 0 Å². The van der Waals surface area contributed by atoms with Gasteiger partial charge in [0.05, 0.1) is 5.69 Å². The van der Waals surface area contributed by atoms with Crippen molar-refractivity contribution >= 4 is 54.9 Å². The van der Waals surface area contributed by atoms with Gasteiger partial charge < -0.3 is 5.32 Å². The summed E-state index contributed by atoms with van der Waals surface area (Å²) in [5, 5.41) is 5.89. The van der Waals surface area contributed by atoms with Crippen LogP contribution in [0.1, 0.15) is 12.5 Å². The molecule has 0 bridgehead atoms. The van der Waals surface area contributed by atoms with Gasteiger partial charge in [-0.3, -0.25) is 0 Å². The molecule has 6 heteroatoms. The van der Waals surface area contributed by atoms with Crippen molar-refractivity contribution in [3.63, 3.8) is 0 Å². The quantitative estimate of drug-likeness (QED) is 0.700. The molecule has 108 valence electrons. The number of halogens is 2. The zero-order valence-electron chi connectivity index (χ0n) is 11.2. The first kappa shape index (κ1) is 15.0. The molecule has 2 aromatic rings. The van der Waals surface area contributed by atoms with Gasteiger partial charge in [0.15, 0.2) is 5.11 Å². The van der Waals surface area contributed by atoms with Crippen molar-refractivity contribution in [3.8, 4) is 0 Å². The standard InChI is InChI=1S/C15H13Br2N3S/c1-15(12-4-2-3-5-13(12)17)18-14(21)20(19-15)11-8-6-10(16)7-9-11/h2-9,19H,1H3,(H,18,21)/t15-/m0/s1. The van der Waals surface area contributed by atoms with E-state index >= 15 is 0 Å². The van der Waals surface area contributed by atoms with Crippen LogP contribution in [0.2, 0.25) is 0 Å². The van der Waals surface area contributed by atoms with Crippen molar-refractivity contribution in [3.05, 3.63) is 63.0 Å². The molecule has 0 aromatic heterocycles. The summed E-state index contributed by atoms with van der Waals surface area (Å²) >= 11 is 12.5. The average molecular weight is 427 g/mol. The van der Waals surface area contributed by atoms with Crippen LogP contribution in [-0.4, -0.2) is 5.11 Å². The molecule has 1 atom stereocenters. The molecule has 0 radical (unpaired) electrons. The molecule has 1 saturated heterocycles. The molecule has 0 amide bonds. The highest BCUT2D eigenvalue weighted by Gasteiger charge is 2.39. The summed E-state index contributed by atoms with van der Waals surface area (Å²) < 4.78 is 2.07. The van der Waals surface area contributed by atoms with Gasteiger partial charge in [0, 0.05) is 14.5 Å². The van der Waals surface area contributed by atoms with Crippen LogP contribution >= 0.6 is 44.1 Å². The van der Waals surface area contributed by atoms with Crippen LogP contribution in [0.5, 0.6) is 0 Å². The van der Waals surface area contributed by atoms with Crippen LogP contribution in [0.3, 0.4) is 0 Å². The minimum atomic E-state index is -0.454. The molecular formula is C15H13Br2N3S. The van der Waals surface area contributed by atoms with E-state index in [1.807, 2.05) is 47.5 Å². The molecule has 0 unspecified atom stereocenters. The monoisotopic (exact) mass is 425 g/mol. The fourth-order valence-corrected chi connectivity index (χ4v) is 3.64. The second-order valence-electron chi connectivity index (χ2n) is 4.96. The lowest BCUT2D eigenvalue weighted by Gasteiger charge is -2.27. The maximum Gasteiger partial charge on any atom is 0.190 e. The average Bonchev–Trinajstić information content (AvgIpc) is 2.76. The van der Waals surface area contributed by atoms with E-state index in [-0.39, 0.29) is 0 Å². The second-order valence-corrected chi connectivity index (χ2v) is 7.12. The van der Waals surface area contributed by atoms with E-state index in [0.717, 1.165) is 20.2 Å². The molecule has 1 aliphatic rings. The van der Waals surface area contributed by atoms with E-state index in [2.05, 4.69) is 55.6 Å². The molecule has 1 aliphatic heterocycles. The Morgan fingerprint density at radius 1 is 1.05 bits per heavy atom. The van der Waals surface area contributed by atoms with Gasteiger partial charge in [-0.25, -0.2) is 5.01 Å². The van der Waals surface area contributed by atoms with Gasteiger partial charge in [-0.1, -0.05) is 50.1 Å². The molecule has 21 heavy (non-hydrogen) atoms. The summed E-state index contributed by atoms with van der Waals surface area (Å²) in [6.45, 7) is 2.07. The lowest BCUT2D eigenvalue weighted by Crippen LogP contribution is -2.46. The van der Waals surface area contributed by atoms with Gasteiger partial charge in [0.1, 0.15) is 5.66 Å². The zero-order valence-corrected chi connectivity index (χ0v) is 15.2. The minimum Gasteiger partial charge on any atom is -0.338 e. The van der Waals surface area contributed by atoms with Crippen LogP contribution in [-0.2, 0) is 5.66 Å². The topological polar surface area (TPSA) is 27.3 Å². The lowest BCUT2D eigenvalue weighted by molar-refractivity contribution is 0.388. The van der Waals surface area contributed by atoms with Crippen molar-refractivity contribution in [2.75, 3.05) is 5.01 Å². The molecule has 3 rings (SSSR count). The van der Waals surface area contributed by atoms with Gasteiger partial charge in [-0.15, -0.1) is 0 Å². The van der Waals surface area contributed by atoms with Crippen molar-refractivity contribution in [1.29, 1.82) is 0 Å². The first-order valence-electron chi connectivity index (χ1n) is 6.40. The van der Waals surface area contributed by atoms with Crippen LogP contribution < -0.4 is 15.8 Å². The molecular weight excluding hydrogens is 414 g/mol. The van der Waals surface area contributed by atoms with Gasteiger partial charge in [0.2, 0.25) is 0 Å². The highest BCUT2D eigenvalue weighted by atomic mass is 79.9. The maximum atomic E-state index is 5.47. The summed E-state index contributed by atoms with van der Waals surface area (Å²) in [4.78, 5) is 0. The minimum absolute atomic E-state index is 0.454. The number of anilines is 1. The number of hydrogen-bond donors (Lipinski definition) is 2. The van der Waals surface area contributed by atoms with E-state index < -0.39 is 5.66 Å². The van der Waals surface area contributed by atoms with E-state index in [9.17, 15) is 0 Å². The number of hydrogen-bond acceptors (Lipinski definition) is 2. The Labute approximate surface area is 146 Å². The van der Waals surface area contributed by atoms with Crippen LogP contribution in [0, 0.1) is 0 Å². The van der Waals surface area contributed by atoms with E-state index in [1.54, 1.807) is 0 Å². The highest BCUT2D eigenvalue weighted by Crippen LogP contribution is 2.31.